The summed E-state index contributed by atoms with van der Waals surface area (Å²) < 4.78 is 0. The molecule has 0 amide bonds. The van der Waals surface area contributed by atoms with Crippen LogP contribution in [-0.4, -0.2) is 0 Å². The summed E-state index contributed by atoms with van der Waals surface area (Å²) in [5, 5.41) is 0. The van der Waals surface area contributed by atoms with Crippen LogP contribution in [0.25, 0.3) is 0 Å². The topological polar surface area (TPSA) is 0 Å². The Morgan fingerprint density at radius 3 is 1.30 bits per heavy atom. The average Bonchev–Trinajstić information content (AvgIpc) is 2.43. The Hall–Kier alpha value is 0. The van der Waals surface area contributed by atoms with Crippen LogP contribution in [0, 0.1) is 18.8 Å². The van der Waals surface area contributed by atoms with E-state index in [4.69, 9.17) is 0 Å². The number of rotatable bonds is 15. The standard InChI is InChI=1S/C20H41/c1-5-6-7-8-9-10-11-12-13-14-15-16-17-18-20(4)19(2)3/h19-20H,4-18H2,1-3H3. The van der Waals surface area contributed by atoms with Gasteiger partial charge in [-0.15, -0.1) is 0 Å². The van der Waals surface area contributed by atoms with Gasteiger partial charge in [-0.3, -0.25) is 0 Å². The van der Waals surface area contributed by atoms with E-state index in [1.54, 1.807) is 0 Å². The molecule has 0 aliphatic carbocycles. The van der Waals surface area contributed by atoms with Gasteiger partial charge in [-0.1, -0.05) is 111 Å². The van der Waals surface area contributed by atoms with Crippen molar-refractivity contribution in [3.63, 3.8) is 0 Å². The molecule has 0 aromatic heterocycles. The van der Waals surface area contributed by atoms with E-state index in [1.165, 1.54) is 89.9 Å². The zero-order valence-electron chi connectivity index (χ0n) is 14.8. The molecule has 0 saturated carbocycles. The van der Waals surface area contributed by atoms with Gasteiger partial charge in [-0.25, -0.2) is 0 Å². The maximum absolute atomic E-state index is 4.23. The van der Waals surface area contributed by atoms with Crippen molar-refractivity contribution in [3.8, 4) is 0 Å². The largest absolute Gasteiger partial charge is 0.0654 e. The molecule has 0 aliphatic rings. The molecule has 0 heterocycles. The van der Waals surface area contributed by atoms with Crippen molar-refractivity contribution in [2.75, 3.05) is 0 Å². The molecule has 0 saturated heterocycles. The molecule has 1 unspecified atom stereocenters. The van der Waals surface area contributed by atoms with Crippen LogP contribution in [0.2, 0.25) is 0 Å². The molecular weight excluding hydrogens is 240 g/mol. The van der Waals surface area contributed by atoms with E-state index < -0.39 is 0 Å². The van der Waals surface area contributed by atoms with Gasteiger partial charge in [0, 0.05) is 0 Å². The minimum Gasteiger partial charge on any atom is -0.0654 e. The Labute approximate surface area is 130 Å². The summed E-state index contributed by atoms with van der Waals surface area (Å²) in [7, 11) is 0. The normalized spacial score (nSPS) is 13.1. The van der Waals surface area contributed by atoms with Crippen LogP contribution < -0.4 is 0 Å². The van der Waals surface area contributed by atoms with Crippen LogP contribution in [-0.2, 0) is 0 Å². The first kappa shape index (κ1) is 20.0. The highest BCUT2D eigenvalue weighted by atomic mass is 14.1. The summed E-state index contributed by atoms with van der Waals surface area (Å²) in [5.74, 6) is 1.43. The lowest BCUT2D eigenvalue weighted by Crippen LogP contribution is -2.03. The van der Waals surface area contributed by atoms with Crippen LogP contribution in [0.3, 0.4) is 0 Å². The average molecular weight is 282 g/mol. The maximum atomic E-state index is 4.23. The van der Waals surface area contributed by atoms with Gasteiger partial charge in [0.05, 0.1) is 0 Å². The molecule has 0 spiro atoms. The zero-order chi connectivity index (χ0) is 15.1. The van der Waals surface area contributed by atoms with Crippen LogP contribution in [0.4, 0.5) is 0 Å². The predicted octanol–water partition coefficient (Wildman–Crippen LogP) is 7.57. The predicted molar refractivity (Wildman–Crippen MR) is 94.0 cm³/mol. The first-order chi connectivity index (χ1) is 9.68. The van der Waals surface area contributed by atoms with E-state index in [1.807, 2.05) is 0 Å². The second kappa shape index (κ2) is 15.4. The fraction of sp³-hybridized carbons (Fsp3) is 0.950. The molecule has 0 aromatic carbocycles. The summed E-state index contributed by atoms with van der Waals surface area (Å²) in [5.41, 5.74) is 0. The Bertz CT molecular complexity index is 171. The lowest BCUT2D eigenvalue weighted by Gasteiger charge is -2.14. The minimum absolute atomic E-state index is 0.669. The van der Waals surface area contributed by atoms with Gasteiger partial charge in [0.25, 0.3) is 0 Å². The van der Waals surface area contributed by atoms with E-state index in [9.17, 15) is 0 Å². The smallest absolute Gasteiger partial charge is 0.0391 e. The third-order valence-corrected chi connectivity index (χ3v) is 4.62. The quantitative estimate of drug-likeness (QED) is 0.271. The first-order valence-electron chi connectivity index (χ1n) is 9.51. The molecule has 0 fully saturated rings. The number of hydrogen-bond donors (Lipinski definition) is 0. The Balaban J connectivity index is 3.03. The van der Waals surface area contributed by atoms with Crippen molar-refractivity contribution in [2.24, 2.45) is 11.8 Å². The van der Waals surface area contributed by atoms with Crippen molar-refractivity contribution in [1.29, 1.82) is 0 Å². The fourth-order valence-corrected chi connectivity index (χ4v) is 2.76. The molecule has 0 bridgehead atoms. The molecule has 0 nitrogen and oxygen atoms in total. The summed E-state index contributed by atoms with van der Waals surface area (Å²) in [6.07, 6.45) is 20.1. The summed E-state index contributed by atoms with van der Waals surface area (Å²) in [4.78, 5) is 0. The minimum atomic E-state index is 0.669. The van der Waals surface area contributed by atoms with Crippen molar-refractivity contribution < 1.29 is 0 Å². The molecule has 0 rings (SSSR count). The van der Waals surface area contributed by atoms with Crippen LogP contribution in [0.15, 0.2) is 0 Å². The monoisotopic (exact) mass is 281 g/mol. The highest BCUT2D eigenvalue weighted by Crippen LogP contribution is 2.18. The highest BCUT2D eigenvalue weighted by molar-refractivity contribution is 4.64. The fourth-order valence-electron chi connectivity index (χ4n) is 2.76. The van der Waals surface area contributed by atoms with Gasteiger partial charge < -0.3 is 0 Å². The highest BCUT2D eigenvalue weighted by Gasteiger charge is 2.05. The second-order valence-electron chi connectivity index (χ2n) is 7.04. The molecular formula is C20H41. The molecule has 1 radical (unpaired) electrons. The van der Waals surface area contributed by atoms with Crippen LogP contribution in [0.1, 0.15) is 111 Å². The third-order valence-electron chi connectivity index (χ3n) is 4.62. The lowest BCUT2D eigenvalue weighted by atomic mass is 9.92. The van der Waals surface area contributed by atoms with E-state index in [0.29, 0.717) is 5.92 Å². The summed E-state index contributed by atoms with van der Waals surface area (Å²) >= 11 is 0. The van der Waals surface area contributed by atoms with Crippen molar-refractivity contribution in [2.45, 2.75) is 111 Å². The molecule has 1 atom stereocenters. The van der Waals surface area contributed by atoms with Crippen LogP contribution >= 0.6 is 0 Å². The Kier molecular flexibility index (Phi) is 15.4. The number of hydrogen-bond acceptors (Lipinski definition) is 0. The SMILES string of the molecule is [CH2]C(CCCCCCCCCCCCCCC)C(C)C. The van der Waals surface area contributed by atoms with Gasteiger partial charge in [0.2, 0.25) is 0 Å². The van der Waals surface area contributed by atoms with Gasteiger partial charge >= 0.3 is 0 Å². The van der Waals surface area contributed by atoms with Gasteiger partial charge in [0.15, 0.2) is 0 Å². The van der Waals surface area contributed by atoms with Gasteiger partial charge in [0.1, 0.15) is 0 Å². The molecule has 121 valence electrons. The third kappa shape index (κ3) is 14.4. The van der Waals surface area contributed by atoms with E-state index in [-0.39, 0.29) is 0 Å². The molecule has 0 aromatic rings. The van der Waals surface area contributed by atoms with Gasteiger partial charge in [-0.2, -0.15) is 0 Å². The first-order valence-corrected chi connectivity index (χ1v) is 9.51. The summed E-state index contributed by atoms with van der Waals surface area (Å²) in [6, 6.07) is 0. The Morgan fingerprint density at radius 2 is 0.950 bits per heavy atom. The maximum Gasteiger partial charge on any atom is -0.0391 e. The molecule has 0 aliphatic heterocycles. The zero-order valence-corrected chi connectivity index (χ0v) is 14.8. The second-order valence-corrected chi connectivity index (χ2v) is 7.04. The van der Waals surface area contributed by atoms with Gasteiger partial charge in [-0.05, 0) is 18.8 Å². The number of unbranched alkanes of at least 4 members (excludes halogenated alkanes) is 12. The van der Waals surface area contributed by atoms with E-state index in [0.717, 1.165) is 5.92 Å². The lowest BCUT2D eigenvalue weighted by molar-refractivity contribution is 0.410. The van der Waals surface area contributed by atoms with Crippen molar-refractivity contribution in [3.05, 3.63) is 6.92 Å². The molecule has 0 N–H and O–H groups in total. The van der Waals surface area contributed by atoms with E-state index in [2.05, 4.69) is 27.7 Å². The summed E-state index contributed by atoms with van der Waals surface area (Å²) in [6.45, 7) is 11.1. The molecule has 20 heavy (non-hydrogen) atoms. The Morgan fingerprint density at radius 1 is 0.600 bits per heavy atom. The van der Waals surface area contributed by atoms with E-state index >= 15 is 0 Å². The van der Waals surface area contributed by atoms with Crippen molar-refractivity contribution in [1.82, 2.24) is 0 Å². The van der Waals surface area contributed by atoms with Crippen LogP contribution in [0.5, 0.6) is 0 Å². The van der Waals surface area contributed by atoms with Crippen molar-refractivity contribution >= 4 is 0 Å². The molecule has 0 heteroatoms.